The summed E-state index contributed by atoms with van der Waals surface area (Å²) in [6.07, 6.45) is 3.23. The summed E-state index contributed by atoms with van der Waals surface area (Å²) in [5, 5.41) is 3.09. The van der Waals surface area contributed by atoms with Crippen molar-refractivity contribution in [3.63, 3.8) is 0 Å². The number of carbonyl (C=O) groups is 2. The number of likely N-dealkylation sites (N-methyl/N-ethyl adjacent to an activating group) is 1. The lowest BCUT2D eigenvalue weighted by Gasteiger charge is -2.48. The van der Waals surface area contributed by atoms with Crippen LogP contribution >= 0.6 is 0 Å². The minimum Gasteiger partial charge on any atom is -0.324 e. The van der Waals surface area contributed by atoms with Gasteiger partial charge in [-0.2, -0.15) is 0 Å². The van der Waals surface area contributed by atoms with Crippen molar-refractivity contribution in [1.82, 2.24) is 4.90 Å². The summed E-state index contributed by atoms with van der Waals surface area (Å²) in [5.74, 6) is 0.229. The van der Waals surface area contributed by atoms with Crippen molar-refractivity contribution in [1.29, 1.82) is 0 Å². The van der Waals surface area contributed by atoms with Crippen LogP contribution in [0.25, 0.3) is 0 Å². The number of likely N-dealkylation sites (tertiary alicyclic amines) is 1. The van der Waals surface area contributed by atoms with Gasteiger partial charge in [0.1, 0.15) is 11.3 Å². The maximum Gasteiger partial charge on any atom is 0.250 e. The molecule has 1 amide bonds. The number of hydrogen-bond acceptors (Lipinski definition) is 3. The number of rotatable bonds is 1. The quantitative estimate of drug-likeness (QED) is 0.844. The molecule has 1 N–H and O–H groups in total. The fourth-order valence-electron chi connectivity index (χ4n) is 6.10. The summed E-state index contributed by atoms with van der Waals surface area (Å²) in [4.78, 5) is 29.4. The molecule has 3 aliphatic rings. The standard InChI is InChI=1S/C23H24N2O2/c1-25-15-18(16-9-3-2-4-10-16)22(14-8-7-13-20(22)26)23(25)17-11-5-6-12-19(17)24-21(23)27/h2-6,9-12,18H,7-8,13-15H2,1H3,(H,24,27)/t18-,22+,23+/m0/s1. The van der Waals surface area contributed by atoms with Gasteiger partial charge >= 0.3 is 0 Å². The molecule has 5 rings (SSSR count). The Morgan fingerprint density at radius 3 is 2.52 bits per heavy atom. The van der Waals surface area contributed by atoms with Crippen LogP contribution in [0.3, 0.4) is 0 Å². The summed E-state index contributed by atoms with van der Waals surface area (Å²) in [7, 11) is 2.01. The fraction of sp³-hybridized carbons (Fsp3) is 0.391. The van der Waals surface area contributed by atoms with E-state index in [4.69, 9.17) is 0 Å². The number of ketones is 1. The Balaban J connectivity index is 1.81. The smallest absolute Gasteiger partial charge is 0.250 e. The number of anilines is 1. The topological polar surface area (TPSA) is 49.4 Å². The van der Waals surface area contributed by atoms with Gasteiger partial charge in [0.05, 0.1) is 5.41 Å². The number of hydrogen-bond donors (Lipinski definition) is 1. The number of fused-ring (bicyclic) bond motifs is 3. The van der Waals surface area contributed by atoms with Gasteiger partial charge in [0, 0.05) is 30.1 Å². The Kier molecular flexibility index (Phi) is 3.57. The fourth-order valence-corrected chi connectivity index (χ4v) is 6.10. The number of carbonyl (C=O) groups excluding carboxylic acids is 2. The van der Waals surface area contributed by atoms with E-state index in [0.717, 1.165) is 36.1 Å². The van der Waals surface area contributed by atoms with Crippen molar-refractivity contribution in [3.05, 3.63) is 65.7 Å². The summed E-state index contributed by atoms with van der Waals surface area (Å²) < 4.78 is 0. The van der Waals surface area contributed by atoms with Gasteiger partial charge in [0.2, 0.25) is 0 Å². The van der Waals surface area contributed by atoms with Crippen LogP contribution in [0.2, 0.25) is 0 Å². The Morgan fingerprint density at radius 1 is 1.00 bits per heavy atom. The van der Waals surface area contributed by atoms with Crippen molar-refractivity contribution < 1.29 is 9.59 Å². The molecule has 2 fully saturated rings. The Bertz CT molecular complexity index is 925. The van der Waals surface area contributed by atoms with Crippen molar-refractivity contribution in [2.24, 2.45) is 5.41 Å². The molecular formula is C23H24N2O2. The van der Waals surface area contributed by atoms with E-state index < -0.39 is 11.0 Å². The molecule has 2 aliphatic heterocycles. The first-order chi connectivity index (χ1) is 13.1. The molecular weight excluding hydrogens is 336 g/mol. The van der Waals surface area contributed by atoms with E-state index in [2.05, 4.69) is 22.3 Å². The van der Waals surface area contributed by atoms with E-state index in [1.165, 1.54) is 0 Å². The number of nitrogens with zero attached hydrogens (tertiary/aromatic N) is 1. The number of nitrogens with one attached hydrogen (secondary N) is 1. The van der Waals surface area contributed by atoms with Gasteiger partial charge < -0.3 is 5.32 Å². The van der Waals surface area contributed by atoms with Gasteiger partial charge in [-0.15, -0.1) is 0 Å². The lowest BCUT2D eigenvalue weighted by Crippen LogP contribution is -2.59. The highest BCUT2D eigenvalue weighted by Gasteiger charge is 2.73. The minimum absolute atomic E-state index is 0.0217. The third-order valence-electron chi connectivity index (χ3n) is 7.09. The molecule has 1 saturated heterocycles. The van der Waals surface area contributed by atoms with Crippen LogP contribution < -0.4 is 5.32 Å². The highest BCUT2D eigenvalue weighted by molar-refractivity contribution is 6.11. The van der Waals surface area contributed by atoms with Crippen LogP contribution in [0.4, 0.5) is 5.69 Å². The molecule has 4 nitrogen and oxygen atoms in total. The predicted molar refractivity (Wildman–Crippen MR) is 104 cm³/mol. The molecule has 1 saturated carbocycles. The largest absolute Gasteiger partial charge is 0.324 e. The summed E-state index contributed by atoms with van der Waals surface area (Å²) in [6, 6.07) is 18.2. The molecule has 3 atom stereocenters. The van der Waals surface area contributed by atoms with Gasteiger partial charge in [-0.3, -0.25) is 14.5 Å². The van der Waals surface area contributed by atoms with Crippen LogP contribution in [-0.2, 0) is 15.1 Å². The monoisotopic (exact) mass is 360 g/mol. The maximum atomic E-state index is 13.7. The van der Waals surface area contributed by atoms with Crippen LogP contribution in [0, 0.1) is 5.41 Å². The van der Waals surface area contributed by atoms with Crippen LogP contribution in [0.1, 0.15) is 42.7 Å². The minimum atomic E-state index is -0.915. The Labute approximate surface area is 159 Å². The Hall–Kier alpha value is -2.46. The van der Waals surface area contributed by atoms with Gasteiger partial charge in [0.15, 0.2) is 0 Å². The van der Waals surface area contributed by atoms with Gasteiger partial charge in [-0.1, -0.05) is 55.0 Å². The average Bonchev–Trinajstić information content (AvgIpc) is 3.14. The van der Waals surface area contributed by atoms with E-state index >= 15 is 0 Å². The highest BCUT2D eigenvalue weighted by Crippen LogP contribution is 2.65. The third-order valence-corrected chi connectivity index (χ3v) is 7.09. The molecule has 2 heterocycles. The summed E-state index contributed by atoms with van der Waals surface area (Å²) in [6.45, 7) is 0.706. The first-order valence-electron chi connectivity index (χ1n) is 9.83. The molecule has 27 heavy (non-hydrogen) atoms. The van der Waals surface area contributed by atoms with E-state index in [9.17, 15) is 9.59 Å². The van der Waals surface area contributed by atoms with Gasteiger partial charge in [-0.05, 0) is 31.5 Å². The van der Waals surface area contributed by atoms with E-state index in [1.54, 1.807) is 0 Å². The normalized spacial score (nSPS) is 32.9. The molecule has 2 aromatic carbocycles. The molecule has 0 aromatic heterocycles. The molecule has 2 aromatic rings. The summed E-state index contributed by atoms with van der Waals surface area (Å²) >= 11 is 0. The maximum absolute atomic E-state index is 13.7. The van der Waals surface area contributed by atoms with Crippen molar-refractivity contribution in [2.45, 2.75) is 37.1 Å². The second-order valence-corrected chi connectivity index (χ2v) is 8.16. The second kappa shape index (κ2) is 5.77. The molecule has 4 heteroatoms. The zero-order chi connectivity index (χ0) is 18.6. The SMILES string of the molecule is CN1C[C@@H](c2ccccc2)[C@@]2(CCCCC2=O)[C@@]12C(=O)Nc1ccccc12. The zero-order valence-corrected chi connectivity index (χ0v) is 15.6. The van der Waals surface area contributed by atoms with E-state index in [-0.39, 0.29) is 17.6 Å². The third kappa shape index (κ3) is 1.91. The lowest BCUT2D eigenvalue weighted by atomic mass is 9.54. The first-order valence-corrected chi connectivity index (χ1v) is 9.83. The molecule has 138 valence electrons. The molecule has 0 radical (unpaired) electrons. The average molecular weight is 360 g/mol. The highest BCUT2D eigenvalue weighted by atomic mass is 16.2. The van der Waals surface area contributed by atoms with Crippen LogP contribution in [-0.4, -0.2) is 30.2 Å². The predicted octanol–water partition coefficient (Wildman–Crippen LogP) is 3.69. The summed E-state index contributed by atoms with van der Waals surface area (Å²) in [5.41, 5.74) is 1.35. The molecule has 1 aliphatic carbocycles. The van der Waals surface area contributed by atoms with Crippen LogP contribution in [0.15, 0.2) is 54.6 Å². The van der Waals surface area contributed by atoms with Gasteiger partial charge in [0.25, 0.3) is 5.91 Å². The Morgan fingerprint density at radius 2 is 1.74 bits per heavy atom. The van der Waals surface area contributed by atoms with Crippen molar-refractivity contribution in [3.8, 4) is 0 Å². The van der Waals surface area contributed by atoms with E-state index in [1.807, 2.05) is 49.5 Å². The number of Topliss-reactive ketones (excluding diaryl/α,β-unsaturated/α-hetero) is 1. The van der Waals surface area contributed by atoms with E-state index in [0.29, 0.717) is 13.0 Å². The van der Waals surface area contributed by atoms with Crippen molar-refractivity contribution in [2.75, 3.05) is 18.9 Å². The number of benzene rings is 2. The zero-order valence-electron chi connectivity index (χ0n) is 15.6. The van der Waals surface area contributed by atoms with Crippen molar-refractivity contribution >= 4 is 17.4 Å². The lowest BCUT2D eigenvalue weighted by molar-refractivity contribution is -0.148. The first kappa shape index (κ1) is 16.7. The number of amides is 1. The van der Waals surface area contributed by atoms with Gasteiger partial charge in [-0.25, -0.2) is 0 Å². The van der Waals surface area contributed by atoms with Crippen LogP contribution in [0.5, 0.6) is 0 Å². The molecule has 0 unspecified atom stereocenters. The molecule has 0 bridgehead atoms. The second-order valence-electron chi connectivity index (χ2n) is 8.16. The number of para-hydroxylation sites is 1. The molecule has 2 spiro atoms.